The van der Waals surface area contributed by atoms with Crippen LogP contribution in [0.2, 0.25) is 0 Å². The maximum Gasteiger partial charge on any atom is 0.255 e. The Morgan fingerprint density at radius 3 is 2.39 bits per heavy atom. The molecule has 2 unspecified atom stereocenters. The first-order valence-corrected chi connectivity index (χ1v) is 10.1. The summed E-state index contributed by atoms with van der Waals surface area (Å²) in [4.78, 5) is 10.9. The minimum Gasteiger partial charge on any atom is -0.493 e. The average Bonchev–Trinajstić information content (AvgIpc) is 2.55. The Hall–Kier alpha value is -1.46. The monoisotopic (exact) mass is 408 g/mol. The van der Waals surface area contributed by atoms with E-state index in [4.69, 9.17) is 15.2 Å². The molecule has 0 radical (unpaired) electrons. The normalized spacial score (nSPS) is 35.3. The molecule has 4 saturated carbocycles. The molecule has 5 nitrogen and oxygen atoms in total. The Labute approximate surface area is 174 Å². The van der Waals surface area contributed by atoms with Crippen molar-refractivity contribution < 1.29 is 14.3 Å². The number of hydrogen-bond acceptors (Lipinski definition) is 4. The van der Waals surface area contributed by atoms with E-state index >= 15 is 0 Å². The molecule has 4 aliphatic carbocycles. The number of rotatable bonds is 7. The fourth-order valence-electron chi connectivity index (χ4n) is 7.02. The van der Waals surface area contributed by atoms with E-state index in [0.717, 1.165) is 12.5 Å². The van der Waals surface area contributed by atoms with Gasteiger partial charge in [-0.2, -0.15) is 0 Å². The minimum absolute atomic E-state index is 0. The van der Waals surface area contributed by atoms with Crippen molar-refractivity contribution in [3.8, 4) is 11.5 Å². The molecule has 1 aromatic carbocycles. The van der Waals surface area contributed by atoms with Gasteiger partial charge in [0.2, 0.25) is 0 Å². The van der Waals surface area contributed by atoms with Crippen molar-refractivity contribution in [2.75, 3.05) is 13.7 Å². The third-order valence-electron chi connectivity index (χ3n) is 6.89. The lowest BCUT2D eigenvalue weighted by Crippen LogP contribution is -2.63. The van der Waals surface area contributed by atoms with Gasteiger partial charge in [-0.05, 0) is 73.0 Å². The van der Waals surface area contributed by atoms with Crippen LogP contribution in [0.3, 0.4) is 0 Å². The van der Waals surface area contributed by atoms with E-state index in [1.165, 1.54) is 44.1 Å². The zero-order valence-electron chi connectivity index (χ0n) is 17.2. The molecule has 4 fully saturated rings. The first-order chi connectivity index (χ1) is 12.7. The van der Waals surface area contributed by atoms with Gasteiger partial charge in [0.25, 0.3) is 5.91 Å². The van der Waals surface area contributed by atoms with Gasteiger partial charge in [-0.25, -0.2) is 0 Å². The van der Waals surface area contributed by atoms with Gasteiger partial charge in [0.15, 0.2) is 18.1 Å². The van der Waals surface area contributed by atoms with Gasteiger partial charge in [-0.3, -0.25) is 4.79 Å². The van der Waals surface area contributed by atoms with Gasteiger partial charge in [0.05, 0.1) is 7.11 Å². The van der Waals surface area contributed by atoms with Crippen molar-refractivity contribution in [3.05, 3.63) is 23.8 Å². The SMILES string of the molecule is COc1cc(CNC23CC4CC(C)(CC(C)(C4)C2)C3)ccc1OCC(N)=O.Cl. The Morgan fingerprint density at radius 1 is 1.14 bits per heavy atom. The number of primary amides is 1. The maximum atomic E-state index is 10.9. The Kier molecular flexibility index (Phi) is 5.63. The number of benzene rings is 1. The lowest BCUT2D eigenvalue weighted by Gasteiger charge is -2.65. The number of amides is 1. The second kappa shape index (κ2) is 7.42. The number of halogens is 1. The highest BCUT2D eigenvalue weighted by molar-refractivity contribution is 5.85. The Balaban J connectivity index is 0.00000225. The first kappa shape index (κ1) is 21.3. The van der Waals surface area contributed by atoms with Gasteiger partial charge in [-0.1, -0.05) is 19.9 Å². The van der Waals surface area contributed by atoms with Crippen LogP contribution < -0.4 is 20.5 Å². The van der Waals surface area contributed by atoms with E-state index in [1.54, 1.807) is 7.11 Å². The molecule has 0 heterocycles. The second-order valence-corrected chi connectivity index (χ2v) is 10.0. The molecule has 0 spiro atoms. The van der Waals surface area contributed by atoms with Crippen LogP contribution in [-0.4, -0.2) is 25.2 Å². The molecule has 0 aliphatic heterocycles. The summed E-state index contributed by atoms with van der Waals surface area (Å²) in [7, 11) is 1.62. The van der Waals surface area contributed by atoms with Gasteiger partial charge < -0.3 is 20.5 Å². The van der Waals surface area contributed by atoms with Crippen LogP contribution in [0.25, 0.3) is 0 Å². The van der Waals surface area contributed by atoms with Crippen LogP contribution >= 0.6 is 12.4 Å². The molecule has 4 bridgehead atoms. The van der Waals surface area contributed by atoms with Crippen LogP contribution in [0, 0.1) is 16.7 Å². The number of carbonyl (C=O) groups excluding carboxylic acids is 1. The van der Waals surface area contributed by atoms with Gasteiger partial charge in [-0.15, -0.1) is 12.4 Å². The summed E-state index contributed by atoms with van der Waals surface area (Å²) in [5.41, 5.74) is 7.62. The summed E-state index contributed by atoms with van der Waals surface area (Å²) in [5, 5.41) is 3.94. The molecule has 1 amide bonds. The third-order valence-corrected chi connectivity index (χ3v) is 6.89. The van der Waals surface area contributed by atoms with Crippen molar-refractivity contribution in [2.24, 2.45) is 22.5 Å². The summed E-state index contributed by atoms with van der Waals surface area (Å²) in [6, 6.07) is 5.89. The fraction of sp³-hybridized carbons (Fsp3) is 0.682. The molecule has 156 valence electrons. The number of carbonyl (C=O) groups is 1. The largest absolute Gasteiger partial charge is 0.493 e. The van der Waals surface area contributed by atoms with Crippen molar-refractivity contribution in [2.45, 2.75) is 64.5 Å². The third kappa shape index (κ3) is 4.11. The lowest BCUT2D eigenvalue weighted by atomic mass is 9.43. The summed E-state index contributed by atoms with van der Waals surface area (Å²) < 4.78 is 10.9. The highest BCUT2D eigenvalue weighted by Crippen LogP contribution is 2.66. The van der Waals surface area contributed by atoms with Crippen molar-refractivity contribution >= 4 is 18.3 Å². The van der Waals surface area contributed by atoms with E-state index in [2.05, 4.69) is 19.2 Å². The minimum atomic E-state index is -0.494. The summed E-state index contributed by atoms with van der Waals surface area (Å²) in [6.07, 6.45) is 8.11. The van der Waals surface area contributed by atoms with Crippen molar-refractivity contribution in [1.29, 1.82) is 0 Å². The first-order valence-electron chi connectivity index (χ1n) is 10.1. The van der Waals surface area contributed by atoms with Gasteiger partial charge in [0.1, 0.15) is 0 Å². The van der Waals surface area contributed by atoms with Crippen LogP contribution in [0.4, 0.5) is 0 Å². The molecule has 2 atom stereocenters. The van der Waals surface area contributed by atoms with Gasteiger partial charge >= 0.3 is 0 Å². The smallest absolute Gasteiger partial charge is 0.255 e. The zero-order chi connectivity index (χ0) is 19.3. The van der Waals surface area contributed by atoms with Crippen LogP contribution in [0.5, 0.6) is 11.5 Å². The summed E-state index contributed by atoms with van der Waals surface area (Å²) >= 11 is 0. The quantitative estimate of drug-likeness (QED) is 0.719. The van der Waals surface area contributed by atoms with Crippen molar-refractivity contribution in [1.82, 2.24) is 5.32 Å². The molecule has 6 heteroatoms. The molecule has 3 N–H and O–H groups in total. The topological polar surface area (TPSA) is 73.6 Å². The van der Waals surface area contributed by atoms with Crippen molar-refractivity contribution in [3.63, 3.8) is 0 Å². The highest BCUT2D eigenvalue weighted by atomic mass is 35.5. The lowest BCUT2D eigenvalue weighted by molar-refractivity contribution is -0.120. The van der Waals surface area contributed by atoms with E-state index in [1.807, 2.05) is 18.2 Å². The Morgan fingerprint density at radius 2 is 1.82 bits per heavy atom. The van der Waals surface area contributed by atoms with Gasteiger partial charge in [0, 0.05) is 12.1 Å². The second-order valence-electron chi connectivity index (χ2n) is 10.0. The number of nitrogens with two attached hydrogens (primary N) is 1. The van der Waals surface area contributed by atoms with Crippen LogP contribution in [0.15, 0.2) is 18.2 Å². The predicted molar refractivity (Wildman–Crippen MR) is 112 cm³/mol. The number of hydrogen-bond donors (Lipinski definition) is 2. The number of methoxy groups -OCH3 is 1. The average molecular weight is 409 g/mol. The number of ether oxygens (including phenoxy) is 2. The molecule has 5 rings (SSSR count). The van der Waals surface area contributed by atoms with E-state index in [9.17, 15) is 4.79 Å². The molecule has 0 aromatic heterocycles. The molecule has 28 heavy (non-hydrogen) atoms. The standard InChI is InChI=1S/C22H32N2O3.ClH/c1-20-7-16-8-21(2,12-20)14-22(9-16,13-20)24-10-15-4-5-17(18(6-15)26-3)27-11-19(23)25;/h4-6,16,24H,7-14H2,1-3H3,(H2,23,25);1H. The predicted octanol–water partition coefficient (Wildman–Crippen LogP) is 3.82. The Bertz CT molecular complexity index is 735. The van der Waals surface area contributed by atoms with E-state index in [-0.39, 0.29) is 24.6 Å². The summed E-state index contributed by atoms with van der Waals surface area (Å²) in [6.45, 7) is 5.68. The van der Waals surface area contributed by atoms with Crippen LogP contribution in [0.1, 0.15) is 57.9 Å². The zero-order valence-corrected chi connectivity index (χ0v) is 18.0. The molecule has 1 aromatic rings. The van der Waals surface area contributed by atoms with Crippen LogP contribution in [-0.2, 0) is 11.3 Å². The molecule has 4 aliphatic rings. The summed E-state index contributed by atoms with van der Waals surface area (Å²) in [5.74, 6) is 1.57. The molecular weight excluding hydrogens is 376 g/mol. The molecular formula is C22H33ClN2O3. The molecule has 0 saturated heterocycles. The highest BCUT2D eigenvalue weighted by Gasteiger charge is 2.59. The van der Waals surface area contributed by atoms with E-state index < -0.39 is 5.91 Å². The number of nitrogens with one attached hydrogen (secondary N) is 1. The fourth-order valence-corrected chi connectivity index (χ4v) is 7.02. The maximum absolute atomic E-state index is 10.9. The van der Waals surface area contributed by atoms with E-state index in [0.29, 0.717) is 22.3 Å².